The first kappa shape index (κ1) is 8.44. The molecular formula is C9H14N4. The number of nitrogens with one attached hydrogen (secondary N) is 1. The van der Waals surface area contributed by atoms with E-state index in [2.05, 4.69) is 27.1 Å². The highest BCUT2D eigenvalue weighted by Crippen LogP contribution is 2.13. The van der Waals surface area contributed by atoms with Gasteiger partial charge in [-0.05, 0) is 6.92 Å². The van der Waals surface area contributed by atoms with Crippen molar-refractivity contribution in [2.75, 3.05) is 24.5 Å². The molecule has 0 aliphatic carbocycles. The maximum atomic E-state index is 4.29. The lowest BCUT2D eigenvalue weighted by molar-refractivity contribution is 0.415. The maximum absolute atomic E-state index is 4.29. The predicted molar refractivity (Wildman–Crippen MR) is 51.7 cm³/mol. The van der Waals surface area contributed by atoms with Crippen LogP contribution < -0.4 is 10.2 Å². The molecule has 0 spiro atoms. The van der Waals surface area contributed by atoms with E-state index in [4.69, 9.17) is 0 Å². The van der Waals surface area contributed by atoms with E-state index in [9.17, 15) is 0 Å². The van der Waals surface area contributed by atoms with Gasteiger partial charge in [0.25, 0.3) is 0 Å². The van der Waals surface area contributed by atoms with Crippen molar-refractivity contribution in [1.29, 1.82) is 0 Å². The quantitative estimate of drug-likeness (QED) is 0.721. The van der Waals surface area contributed by atoms with Gasteiger partial charge in [0.1, 0.15) is 5.82 Å². The molecule has 1 aromatic heterocycles. The summed E-state index contributed by atoms with van der Waals surface area (Å²) >= 11 is 0. The second-order valence-electron chi connectivity index (χ2n) is 3.16. The lowest BCUT2D eigenvalue weighted by Crippen LogP contribution is -2.57. The minimum atomic E-state index is 0.599. The summed E-state index contributed by atoms with van der Waals surface area (Å²) in [4.78, 5) is 10.6. The van der Waals surface area contributed by atoms with Gasteiger partial charge in [-0.3, -0.25) is 4.98 Å². The third kappa shape index (κ3) is 1.62. The first-order valence-corrected chi connectivity index (χ1v) is 4.65. The third-order valence-corrected chi connectivity index (χ3v) is 2.39. The first-order valence-electron chi connectivity index (χ1n) is 4.65. The zero-order valence-corrected chi connectivity index (χ0v) is 7.77. The summed E-state index contributed by atoms with van der Waals surface area (Å²) < 4.78 is 0. The van der Waals surface area contributed by atoms with Gasteiger partial charge in [0.05, 0.1) is 12.2 Å². The Morgan fingerprint density at radius 1 is 1.54 bits per heavy atom. The van der Waals surface area contributed by atoms with Crippen LogP contribution in [0.1, 0.15) is 6.92 Å². The SMILES string of the molecule is CCN(c1cnccn1)C1CNC1. The van der Waals surface area contributed by atoms with E-state index < -0.39 is 0 Å². The summed E-state index contributed by atoms with van der Waals surface area (Å²) in [6, 6.07) is 0.599. The molecule has 13 heavy (non-hydrogen) atoms. The van der Waals surface area contributed by atoms with Gasteiger partial charge < -0.3 is 10.2 Å². The van der Waals surface area contributed by atoms with Gasteiger partial charge in [-0.2, -0.15) is 0 Å². The molecule has 0 aromatic carbocycles. The Morgan fingerprint density at radius 3 is 2.85 bits per heavy atom. The van der Waals surface area contributed by atoms with Crippen LogP contribution in [-0.4, -0.2) is 35.6 Å². The summed E-state index contributed by atoms with van der Waals surface area (Å²) in [5.74, 6) is 0.983. The van der Waals surface area contributed by atoms with Crippen LogP contribution in [0.15, 0.2) is 18.6 Å². The van der Waals surface area contributed by atoms with Crippen molar-refractivity contribution in [3.63, 3.8) is 0 Å². The van der Waals surface area contributed by atoms with Crippen molar-refractivity contribution in [2.24, 2.45) is 0 Å². The molecule has 2 heterocycles. The van der Waals surface area contributed by atoms with Gasteiger partial charge in [-0.15, -0.1) is 0 Å². The molecule has 70 valence electrons. The van der Waals surface area contributed by atoms with Crippen molar-refractivity contribution in [1.82, 2.24) is 15.3 Å². The summed E-state index contributed by atoms with van der Waals surface area (Å²) in [5, 5.41) is 3.26. The van der Waals surface area contributed by atoms with Crippen molar-refractivity contribution >= 4 is 5.82 Å². The van der Waals surface area contributed by atoms with Crippen molar-refractivity contribution in [3.8, 4) is 0 Å². The molecule has 1 saturated heterocycles. The Bertz CT molecular complexity index is 258. The highest BCUT2D eigenvalue weighted by molar-refractivity contribution is 5.37. The fourth-order valence-corrected chi connectivity index (χ4v) is 1.54. The fourth-order valence-electron chi connectivity index (χ4n) is 1.54. The summed E-state index contributed by atoms with van der Waals surface area (Å²) in [7, 11) is 0. The molecule has 4 heteroatoms. The maximum Gasteiger partial charge on any atom is 0.147 e. The summed E-state index contributed by atoms with van der Waals surface area (Å²) in [6.45, 7) is 5.26. The van der Waals surface area contributed by atoms with Gasteiger partial charge in [-0.25, -0.2) is 4.98 Å². The Kier molecular flexibility index (Phi) is 2.40. The van der Waals surface area contributed by atoms with Crippen LogP contribution in [0, 0.1) is 0 Å². The van der Waals surface area contributed by atoms with Crippen molar-refractivity contribution < 1.29 is 0 Å². The molecular weight excluding hydrogens is 164 g/mol. The van der Waals surface area contributed by atoms with Crippen LogP contribution in [0.25, 0.3) is 0 Å². The minimum Gasteiger partial charge on any atom is -0.350 e. The monoisotopic (exact) mass is 178 g/mol. The van der Waals surface area contributed by atoms with E-state index in [1.165, 1.54) is 0 Å². The van der Waals surface area contributed by atoms with Crippen LogP contribution in [0.2, 0.25) is 0 Å². The number of nitrogens with zero attached hydrogens (tertiary/aromatic N) is 3. The van der Waals surface area contributed by atoms with Gasteiger partial charge in [0, 0.05) is 32.0 Å². The molecule has 0 amide bonds. The molecule has 0 bridgehead atoms. The molecule has 0 saturated carbocycles. The van der Waals surface area contributed by atoms with Gasteiger partial charge in [0.2, 0.25) is 0 Å². The molecule has 1 N–H and O–H groups in total. The number of hydrogen-bond acceptors (Lipinski definition) is 4. The Hall–Kier alpha value is -1.16. The number of rotatable bonds is 3. The first-order chi connectivity index (χ1) is 6.42. The average Bonchev–Trinajstić information content (AvgIpc) is 2.12. The molecule has 1 aliphatic rings. The van der Waals surface area contributed by atoms with Gasteiger partial charge in [0.15, 0.2) is 0 Å². The van der Waals surface area contributed by atoms with E-state index in [1.807, 2.05) is 6.20 Å². The zero-order chi connectivity index (χ0) is 9.10. The minimum absolute atomic E-state index is 0.599. The summed E-state index contributed by atoms with van der Waals surface area (Å²) in [6.07, 6.45) is 5.27. The number of aromatic nitrogens is 2. The highest BCUT2D eigenvalue weighted by Gasteiger charge is 2.24. The zero-order valence-electron chi connectivity index (χ0n) is 7.77. The van der Waals surface area contributed by atoms with Gasteiger partial charge in [-0.1, -0.05) is 0 Å². The van der Waals surface area contributed by atoms with Crippen molar-refractivity contribution in [2.45, 2.75) is 13.0 Å². The molecule has 4 nitrogen and oxygen atoms in total. The van der Waals surface area contributed by atoms with E-state index in [1.54, 1.807) is 12.4 Å². The number of anilines is 1. The standard InChI is InChI=1S/C9H14N4/c1-2-13(8-5-11-6-8)9-7-10-3-4-12-9/h3-4,7-8,11H,2,5-6H2,1H3. The number of likely N-dealkylation sites (N-methyl/N-ethyl adjacent to an activating group) is 1. The second kappa shape index (κ2) is 3.70. The Balaban J connectivity index is 2.12. The topological polar surface area (TPSA) is 41.1 Å². The molecule has 0 atom stereocenters. The Morgan fingerprint density at radius 2 is 2.38 bits per heavy atom. The lowest BCUT2D eigenvalue weighted by atomic mass is 10.1. The molecule has 0 radical (unpaired) electrons. The predicted octanol–water partition coefficient (Wildman–Crippen LogP) is 0.275. The van der Waals surface area contributed by atoms with Crippen LogP contribution in [0.3, 0.4) is 0 Å². The third-order valence-electron chi connectivity index (χ3n) is 2.39. The Labute approximate surface area is 78.0 Å². The lowest BCUT2D eigenvalue weighted by Gasteiger charge is -2.38. The fraction of sp³-hybridized carbons (Fsp3) is 0.556. The molecule has 1 aliphatic heterocycles. The van der Waals surface area contributed by atoms with Crippen molar-refractivity contribution in [3.05, 3.63) is 18.6 Å². The molecule has 1 aromatic rings. The summed E-state index contributed by atoms with van der Waals surface area (Å²) in [5.41, 5.74) is 0. The van der Waals surface area contributed by atoms with E-state index in [0.29, 0.717) is 6.04 Å². The average molecular weight is 178 g/mol. The van der Waals surface area contributed by atoms with Crippen LogP contribution >= 0.6 is 0 Å². The smallest absolute Gasteiger partial charge is 0.147 e. The van der Waals surface area contributed by atoms with Crippen LogP contribution in [-0.2, 0) is 0 Å². The highest BCUT2D eigenvalue weighted by atomic mass is 15.3. The largest absolute Gasteiger partial charge is 0.350 e. The van der Waals surface area contributed by atoms with E-state index in [-0.39, 0.29) is 0 Å². The molecule has 1 fully saturated rings. The van der Waals surface area contributed by atoms with Crippen LogP contribution in [0.4, 0.5) is 5.82 Å². The van der Waals surface area contributed by atoms with Crippen LogP contribution in [0.5, 0.6) is 0 Å². The number of hydrogen-bond donors (Lipinski definition) is 1. The normalized spacial score (nSPS) is 16.7. The second-order valence-corrected chi connectivity index (χ2v) is 3.16. The van der Waals surface area contributed by atoms with E-state index >= 15 is 0 Å². The van der Waals surface area contributed by atoms with Gasteiger partial charge >= 0.3 is 0 Å². The molecule has 0 unspecified atom stereocenters. The van der Waals surface area contributed by atoms with E-state index in [0.717, 1.165) is 25.5 Å². The molecule has 2 rings (SSSR count).